The molecule has 0 spiro atoms. The minimum atomic E-state index is -0.225. The van der Waals surface area contributed by atoms with E-state index < -0.39 is 0 Å². The molecule has 0 amide bonds. The maximum absolute atomic E-state index is 9.54. The topological polar surface area (TPSA) is 51.0 Å². The van der Waals surface area contributed by atoms with Crippen molar-refractivity contribution in [2.75, 3.05) is 13.2 Å². The molecular formula is C14H23NO3. The molecule has 1 fully saturated rings. The average molecular weight is 253 g/mol. The van der Waals surface area contributed by atoms with Gasteiger partial charge in [0.2, 0.25) is 0 Å². The normalized spacial score (nSPS) is 24.6. The van der Waals surface area contributed by atoms with E-state index in [-0.39, 0.29) is 12.2 Å². The maximum atomic E-state index is 9.54. The first kappa shape index (κ1) is 14.9. The van der Waals surface area contributed by atoms with Gasteiger partial charge in [-0.3, -0.25) is 4.99 Å². The zero-order valence-electron chi connectivity index (χ0n) is 10.9. The standard InChI is InChI=1S/C14H23NO3/c1-3-4-8-17-10-12(15-2)11-18-14-7-5-6-13(16)9-14/h3,10,13-14,16H,1-2,4-9,11H2/b12-10-/t13-,14+/m1/s1. The van der Waals surface area contributed by atoms with Crippen LogP contribution < -0.4 is 0 Å². The molecule has 102 valence electrons. The zero-order chi connectivity index (χ0) is 13.2. The van der Waals surface area contributed by atoms with E-state index in [1.54, 1.807) is 12.3 Å². The predicted octanol–water partition coefficient (Wildman–Crippen LogP) is 2.44. The van der Waals surface area contributed by atoms with Gasteiger partial charge in [0.25, 0.3) is 0 Å². The minimum Gasteiger partial charge on any atom is -0.499 e. The van der Waals surface area contributed by atoms with Crippen LogP contribution in [-0.2, 0) is 9.47 Å². The third-order valence-corrected chi connectivity index (χ3v) is 2.93. The fourth-order valence-corrected chi connectivity index (χ4v) is 1.90. The lowest BCUT2D eigenvalue weighted by atomic mass is 9.95. The summed E-state index contributed by atoms with van der Waals surface area (Å²) in [6.07, 6.45) is 7.68. The summed E-state index contributed by atoms with van der Waals surface area (Å²) in [5, 5.41) is 9.54. The Bertz CT molecular complexity index is 289. The Morgan fingerprint density at radius 2 is 2.28 bits per heavy atom. The van der Waals surface area contributed by atoms with Crippen molar-refractivity contribution in [1.82, 2.24) is 0 Å². The lowest BCUT2D eigenvalue weighted by Crippen LogP contribution is -2.26. The maximum Gasteiger partial charge on any atom is 0.107 e. The molecule has 18 heavy (non-hydrogen) atoms. The van der Waals surface area contributed by atoms with Gasteiger partial charge in [-0.25, -0.2) is 0 Å². The van der Waals surface area contributed by atoms with Crippen LogP contribution in [0.1, 0.15) is 32.1 Å². The van der Waals surface area contributed by atoms with E-state index in [0.717, 1.165) is 25.7 Å². The summed E-state index contributed by atoms with van der Waals surface area (Å²) in [6, 6.07) is 0. The SMILES string of the molecule is C=CCCO/C=C(/CO[C@H]1CCC[C@@H](O)C1)N=C. The van der Waals surface area contributed by atoms with Crippen molar-refractivity contribution in [1.29, 1.82) is 0 Å². The number of aliphatic hydroxyl groups is 1. The molecule has 0 aliphatic heterocycles. The molecule has 0 aromatic heterocycles. The van der Waals surface area contributed by atoms with E-state index >= 15 is 0 Å². The highest BCUT2D eigenvalue weighted by molar-refractivity contribution is 5.28. The van der Waals surface area contributed by atoms with E-state index in [0.29, 0.717) is 25.3 Å². The van der Waals surface area contributed by atoms with Crippen LogP contribution in [0.5, 0.6) is 0 Å². The summed E-state index contributed by atoms with van der Waals surface area (Å²) in [5.41, 5.74) is 0.680. The van der Waals surface area contributed by atoms with Gasteiger partial charge >= 0.3 is 0 Å². The Morgan fingerprint density at radius 3 is 2.94 bits per heavy atom. The smallest absolute Gasteiger partial charge is 0.107 e. The molecule has 0 heterocycles. The fourth-order valence-electron chi connectivity index (χ4n) is 1.90. The van der Waals surface area contributed by atoms with Crippen molar-refractivity contribution in [2.45, 2.75) is 44.3 Å². The second-order valence-corrected chi connectivity index (χ2v) is 4.47. The van der Waals surface area contributed by atoms with Crippen molar-refractivity contribution >= 4 is 6.72 Å². The Morgan fingerprint density at radius 1 is 1.44 bits per heavy atom. The van der Waals surface area contributed by atoms with Crippen LogP contribution in [0.3, 0.4) is 0 Å². The number of aliphatic imine (C=N–C) groups is 1. The predicted molar refractivity (Wildman–Crippen MR) is 72.6 cm³/mol. The van der Waals surface area contributed by atoms with Crippen LogP contribution in [0.4, 0.5) is 0 Å². The number of hydrogen-bond acceptors (Lipinski definition) is 4. The third kappa shape index (κ3) is 5.98. The molecule has 1 saturated carbocycles. The van der Waals surface area contributed by atoms with Crippen LogP contribution in [0.15, 0.2) is 29.6 Å². The van der Waals surface area contributed by atoms with Gasteiger partial charge in [0.1, 0.15) is 6.26 Å². The van der Waals surface area contributed by atoms with Crippen molar-refractivity contribution < 1.29 is 14.6 Å². The zero-order valence-corrected chi connectivity index (χ0v) is 10.9. The molecule has 4 heteroatoms. The van der Waals surface area contributed by atoms with E-state index in [9.17, 15) is 5.11 Å². The molecule has 1 rings (SSSR count). The lowest BCUT2D eigenvalue weighted by Gasteiger charge is -2.25. The molecule has 4 nitrogen and oxygen atoms in total. The second-order valence-electron chi connectivity index (χ2n) is 4.47. The average Bonchev–Trinajstić information content (AvgIpc) is 2.38. The highest BCUT2D eigenvalue weighted by Gasteiger charge is 2.20. The molecule has 0 saturated heterocycles. The first-order chi connectivity index (χ1) is 8.76. The largest absolute Gasteiger partial charge is 0.499 e. The van der Waals surface area contributed by atoms with Crippen molar-refractivity contribution in [3.8, 4) is 0 Å². The van der Waals surface area contributed by atoms with Crippen LogP contribution in [-0.4, -0.2) is 37.2 Å². The van der Waals surface area contributed by atoms with Gasteiger partial charge in [0, 0.05) is 0 Å². The number of nitrogens with zero attached hydrogens (tertiary/aromatic N) is 1. The monoisotopic (exact) mass is 253 g/mol. The molecule has 0 aromatic carbocycles. The van der Waals surface area contributed by atoms with Gasteiger partial charge < -0.3 is 14.6 Å². The highest BCUT2D eigenvalue weighted by atomic mass is 16.5. The van der Waals surface area contributed by atoms with Gasteiger partial charge in [-0.2, -0.15) is 0 Å². The molecule has 1 N–H and O–H groups in total. The second kappa shape index (κ2) is 8.89. The van der Waals surface area contributed by atoms with Gasteiger partial charge in [-0.15, -0.1) is 6.58 Å². The quantitative estimate of drug-likeness (QED) is 0.313. The Kier molecular flexibility index (Phi) is 7.37. The summed E-state index contributed by atoms with van der Waals surface area (Å²) in [6.45, 7) is 8.08. The molecule has 1 aliphatic carbocycles. The van der Waals surface area contributed by atoms with Crippen molar-refractivity contribution in [2.24, 2.45) is 4.99 Å². The molecule has 2 atom stereocenters. The molecule has 0 unspecified atom stereocenters. The van der Waals surface area contributed by atoms with E-state index in [2.05, 4.69) is 18.3 Å². The molecule has 0 bridgehead atoms. The van der Waals surface area contributed by atoms with E-state index in [1.807, 2.05) is 0 Å². The van der Waals surface area contributed by atoms with Crippen LogP contribution in [0.2, 0.25) is 0 Å². The number of aliphatic hydroxyl groups excluding tert-OH is 1. The van der Waals surface area contributed by atoms with E-state index in [4.69, 9.17) is 9.47 Å². The summed E-state index contributed by atoms with van der Waals surface area (Å²) in [4.78, 5) is 3.86. The molecule has 0 radical (unpaired) electrons. The molecule has 1 aliphatic rings. The summed E-state index contributed by atoms with van der Waals surface area (Å²) in [5.74, 6) is 0. The first-order valence-electron chi connectivity index (χ1n) is 6.44. The van der Waals surface area contributed by atoms with Gasteiger partial charge in [-0.05, 0) is 38.8 Å². The van der Waals surface area contributed by atoms with Crippen LogP contribution in [0, 0.1) is 0 Å². The number of hydrogen-bond donors (Lipinski definition) is 1. The molecule has 0 aromatic rings. The summed E-state index contributed by atoms with van der Waals surface area (Å²) in [7, 11) is 0. The summed E-state index contributed by atoms with van der Waals surface area (Å²) >= 11 is 0. The fraction of sp³-hybridized carbons (Fsp3) is 0.643. The van der Waals surface area contributed by atoms with Gasteiger partial charge in [-0.1, -0.05) is 6.08 Å². The minimum absolute atomic E-state index is 0.118. The lowest BCUT2D eigenvalue weighted by molar-refractivity contribution is -0.00627. The van der Waals surface area contributed by atoms with Crippen molar-refractivity contribution in [3.63, 3.8) is 0 Å². The highest BCUT2D eigenvalue weighted by Crippen LogP contribution is 2.21. The Hall–Kier alpha value is -1.13. The molecular weight excluding hydrogens is 230 g/mol. The van der Waals surface area contributed by atoms with Gasteiger partial charge in [0.05, 0.1) is 31.1 Å². The van der Waals surface area contributed by atoms with E-state index in [1.165, 1.54) is 0 Å². The Labute approximate surface area is 109 Å². The Balaban J connectivity index is 2.25. The van der Waals surface area contributed by atoms with Crippen LogP contribution >= 0.6 is 0 Å². The van der Waals surface area contributed by atoms with Gasteiger partial charge in [0.15, 0.2) is 0 Å². The summed E-state index contributed by atoms with van der Waals surface area (Å²) < 4.78 is 11.0. The number of ether oxygens (including phenoxy) is 2. The first-order valence-corrected chi connectivity index (χ1v) is 6.44. The van der Waals surface area contributed by atoms with Crippen LogP contribution in [0.25, 0.3) is 0 Å². The third-order valence-electron chi connectivity index (χ3n) is 2.93. The number of rotatable bonds is 8. The van der Waals surface area contributed by atoms with Crippen molar-refractivity contribution in [3.05, 3.63) is 24.6 Å².